The number of nitrogens with zero attached hydrogens (tertiary/aromatic N) is 2. The van der Waals surface area contributed by atoms with Gasteiger partial charge < -0.3 is 10.2 Å². The molecule has 0 spiro atoms. The van der Waals surface area contributed by atoms with E-state index in [9.17, 15) is 18.0 Å². The van der Waals surface area contributed by atoms with Gasteiger partial charge in [0.05, 0.1) is 11.9 Å². The zero-order chi connectivity index (χ0) is 30.0. The third-order valence-corrected chi connectivity index (χ3v) is 8.70. The summed E-state index contributed by atoms with van der Waals surface area (Å²) in [6.45, 7) is 4.39. The van der Waals surface area contributed by atoms with E-state index in [2.05, 4.69) is 5.32 Å². The molecule has 0 aliphatic heterocycles. The van der Waals surface area contributed by atoms with Crippen LogP contribution in [0, 0.1) is 0 Å². The predicted octanol–water partition coefficient (Wildman–Crippen LogP) is 5.88. The zero-order valence-electron chi connectivity index (χ0n) is 23.6. The highest BCUT2D eigenvalue weighted by Crippen LogP contribution is 2.28. The minimum absolute atomic E-state index is 0.0197. The number of anilines is 1. The second-order valence-electron chi connectivity index (χ2n) is 9.78. The monoisotopic (exact) mass is 617 g/mol. The molecular weight excluding hydrogens is 581 g/mol. The van der Waals surface area contributed by atoms with Crippen LogP contribution in [0.1, 0.15) is 43.4 Å². The lowest BCUT2D eigenvalue weighted by Gasteiger charge is -2.32. The molecule has 0 aliphatic carbocycles. The van der Waals surface area contributed by atoms with Crippen LogP contribution in [0.15, 0.2) is 72.8 Å². The van der Waals surface area contributed by atoms with E-state index in [1.54, 1.807) is 30.3 Å². The Balaban J connectivity index is 1.89. The molecule has 0 saturated heterocycles. The first-order chi connectivity index (χ1) is 19.5. The first kappa shape index (κ1) is 32.4. The van der Waals surface area contributed by atoms with Gasteiger partial charge in [-0.2, -0.15) is 0 Å². The van der Waals surface area contributed by atoms with E-state index in [4.69, 9.17) is 23.2 Å². The summed E-state index contributed by atoms with van der Waals surface area (Å²) < 4.78 is 26.6. The van der Waals surface area contributed by atoms with Gasteiger partial charge in [0.1, 0.15) is 6.04 Å². The third kappa shape index (κ3) is 9.21. The van der Waals surface area contributed by atoms with Crippen molar-refractivity contribution in [2.45, 2.75) is 52.1 Å². The minimum Gasteiger partial charge on any atom is -0.355 e. The molecule has 0 saturated carbocycles. The summed E-state index contributed by atoms with van der Waals surface area (Å²) in [7, 11) is -3.58. The van der Waals surface area contributed by atoms with Crippen LogP contribution in [0.3, 0.4) is 0 Å². The molecule has 41 heavy (non-hydrogen) atoms. The van der Waals surface area contributed by atoms with E-state index in [0.29, 0.717) is 34.3 Å². The lowest BCUT2D eigenvalue weighted by Crippen LogP contribution is -2.50. The molecule has 0 bridgehead atoms. The number of halogens is 2. The van der Waals surface area contributed by atoms with Crippen LogP contribution in [-0.4, -0.2) is 50.5 Å². The Morgan fingerprint density at radius 1 is 0.878 bits per heavy atom. The molecule has 0 radical (unpaired) electrons. The van der Waals surface area contributed by atoms with Crippen molar-refractivity contribution in [1.29, 1.82) is 0 Å². The maximum atomic E-state index is 13.9. The smallest absolute Gasteiger partial charge is 0.243 e. The largest absolute Gasteiger partial charge is 0.355 e. The Bertz CT molecular complexity index is 1400. The van der Waals surface area contributed by atoms with E-state index < -0.39 is 16.1 Å². The number of sulfonamides is 1. The topological polar surface area (TPSA) is 86.8 Å². The van der Waals surface area contributed by atoms with Gasteiger partial charge in [0.2, 0.25) is 21.8 Å². The van der Waals surface area contributed by atoms with Gasteiger partial charge in [-0.15, -0.1) is 0 Å². The van der Waals surface area contributed by atoms with Crippen molar-refractivity contribution in [1.82, 2.24) is 10.2 Å². The van der Waals surface area contributed by atoms with Gasteiger partial charge in [0.25, 0.3) is 0 Å². The maximum Gasteiger partial charge on any atom is 0.243 e. The highest BCUT2D eigenvalue weighted by molar-refractivity contribution is 7.92. The molecule has 3 rings (SSSR count). The highest BCUT2D eigenvalue weighted by Gasteiger charge is 2.31. The number of carbonyl (C=O) groups is 2. The molecule has 220 valence electrons. The number of benzene rings is 3. The van der Waals surface area contributed by atoms with E-state index >= 15 is 0 Å². The summed E-state index contributed by atoms with van der Waals surface area (Å²) in [5.41, 5.74) is 3.08. The van der Waals surface area contributed by atoms with Gasteiger partial charge in [-0.25, -0.2) is 8.42 Å². The number of aryl methyl sites for hydroxylation is 1. The molecule has 3 aromatic carbocycles. The van der Waals surface area contributed by atoms with E-state index in [0.717, 1.165) is 23.8 Å². The molecule has 3 aromatic rings. The van der Waals surface area contributed by atoms with Crippen LogP contribution in [0.25, 0.3) is 0 Å². The zero-order valence-corrected chi connectivity index (χ0v) is 26.0. The Hall–Kier alpha value is -3.07. The molecule has 0 fully saturated rings. The molecule has 0 unspecified atom stereocenters. The molecule has 0 aromatic heterocycles. The Morgan fingerprint density at radius 2 is 1.51 bits per heavy atom. The molecule has 7 nitrogen and oxygen atoms in total. The minimum atomic E-state index is -3.58. The lowest BCUT2D eigenvalue weighted by molar-refractivity contribution is -0.141. The normalized spacial score (nSPS) is 12.0. The summed E-state index contributed by atoms with van der Waals surface area (Å²) in [6.07, 6.45) is 2.56. The van der Waals surface area contributed by atoms with Gasteiger partial charge in [-0.1, -0.05) is 78.7 Å². The molecule has 2 amide bonds. The van der Waals surface area contributed by atoms with Crippen LogP contribution in [0.2, 0.25) is 10.0 Å². The Labute approximate surface area is 253 Å². The van der Waals surface area contributed by atoms with Crippen molar-refractivity contribution in [3.8, 4) is 0 Å². The number of nitrogens with one attached hydrogen (secondary N) is 1. The van der Waals surface area contributed by atoms with E-state index in [1.165, 1.54) is 9.21 Å². The third-order valence-electron chi connectivity index (χ3n) is 6.80. The second kappa shape index (κ2) is 15.2. The fraction of sp³-hybridized carbons (Fsp3) is 0.355. The molecule has 0 heterocycles. The van der Waals surface area contributed by atoms with Crippen LogP contribution in [0.5, 0.6) is 0 Å². The number of hydrogen-bond acceptors (Lipinski definition) is 4. The Morgan fingerprint density at radius 3 is 2.07 bits per heavy atom. The van der Waals surface area contributed by atoms with Gasteiger partial charge >= 0.3 is 0 Å². The number of hydrogen-bond donors (Lipinski definition) is 1. The molecule has 0 aliphatic rings. The average molecular weight is 619 g/mol. The summed E-state index contributed by atoms with van der Waals surface area (Å²) in [6, 6.07) is 21.1. The van der Waals surface area contributed by atoms with Crippen molar-refractivity contribution in [3.05, 3.63) is 99.5 Å². The molecule has 10 heteroatoms. The predicted molar refractivity (Wildman–Crippen MR) is 167 cm³/mol. The first-order valence-corrected chi connectivity index (χ1v) is 16.3. The number of likely N-dealkylation sites (N-methyl/N-ethyl adjacent to an activating group) is 1. The Kier molecular flexibility index (Phi) is 12.1. The van der Waals surface area contributed by atoms with Crippen molar-refractivity contribution in [3.63, 3.8) is 0 Å². The van der Waals surface area contributed by atoms with Crippen LogP contribution in [-0.2, 0) is 39.0 Å². The fourth-order valence-corrected chi connectivity index (χ4v) is 6.08. The first-order valence-electron chi connectivity index (χ1n) is 13.7. The van der Waals surface area contributed by atoms with Gasteiger partial charge in [0.15, 0.2) is 0 Å². The summed E-state index contributed by atoms with van der Waals surface area (Å²) in [4.78, 5) is 28.7. The summed E-state index contributed by atoms with van der Waals surface area (Å²) >= 11 is 12.9. The van der Waals surface area contributed by atoms with Crippen molar-refractivity contribution in [2.75, 3.05) is 23.7 Å². The van der Waals surface area contributed by atoms with Crippen LogP contribution in [0.4, 0.5) is 5.69 Å². The standard InChI is InChI=1S/C31H37Cl2N3O4S/c1-4-23-16-18-25(19-17-23)36(41(3,39)40)20-10-15-30(37)35(22-26-27(32)13-9-14-28(26)33)29(31(38)34-5-2)21-24-11-7-6-8-12-24/h6-9,11-14,16-19,29H,4-5,10,15,20-22H2,1-3H3,(H,34,38)/t29-/m1/s1. The highest BCUT2D eigenvalue weighted by atomic mass is 35.5. The van der Waals surface area contributed by atoms with Crippen LogP contribution >= 0.6 is 23.2 Å². The molecule has 1 N–H and O–H groups in total. The van der Waals surface area contributed by atoms with Gasteiger partial charge in [0, 0.05) is 48.1 Å². The summed E-state index contributed by atoms with van der Waals surface area (Å²) in [5.74, 6) is -0.593. The second-order valence-corrected chi connectivity index (χ2v) is 12.5. The van der Waals surface area contributed by atoms with Gasteiger partial charge in [-0.05, 0) is 55.2 Å². The van der Waals surface area contributed by atoms with Crippen molar-refractivity contribution in [2.24, 2.45) is 0 Å². The number of carbonyl (C=O) groups excluding carboxylic acids is 2. The van der Waals surface area contributed by atoms with E-state index in [1.807, 2.05) is 56.3 Å². The average Bonchev–Trinajstić information content (AvgIpc) is 2.94. The lowest BCUT2D eigenvalue weighted by atomic mass is 10.0. The number of amides is 2. The number of rotatable bonds is 14. The van der Waals surface area contributed by atoms with E-state index in [-0.39, 0.29) is 37.7 Å². The SMILES string of the molecule is CCNC(=O)[C@@H](Cc1ccccc1)N(Cc1c(Cl)cccc1Cl)C(=O)CCCN(c1ccc(CC)cc1)S(C)(=O)=O. The van der Waals surface area contributed by atoms with Crippen molar-refractivity contribution < 1.29 is 18.0 Å². The summed E-state index contributed by atoms with van der Waals surface area (Å²) in [5, 5.41) is 3.64. The van der Waals surface area contributed by atoms with Crippen molar-refractivity contribution >= 4 is 50.7 Å². The maximum absolute atomic E-state index is 13.9. The fourth-order valence-electron chi connectivity index (χ4n) is 4.60. The van der Waals surface area contributed by atoms with Gasteiger partial charge in [-0.3, -0.25) is 13.9 Å². The molecular formula is C31H37Cl2N3O4S. The van der Waals surface area contributed by atoms with Crippen LogP contribution < -0.4 is 9.62 Å². The quantitative estimate of drug-likeness (QED) is 0.245. The molecule has 1 atom stereocenters.